The molecule has 2 amide bonds. The van der Waals surface area contributed by atoms with Crippen molar-refractivity contribution in [1.82, 2.24) is 5.32 Å². The van der Waals surface area contributed by atoms with Gasteiger partial charge in [0.25, 0.3) is 0 Å². The maximum atomic E-state index is 10.9. The highest BCUT2D eigenvalue weighted by Gasteiger charge is 2.08. The molecule has 0 aliphatic rings. The highest BCUT2D eigenvalue weighted by molar-refractivity contribution is 5.79. The Morgan fingerprint density at radius 1 is 1.08 bits per heavy atom. The lowest BCUT2D eigenvalue weighted by molar-refractivity contribution is -0.121. The molecule has 25 heavy (non-hydrogen) atoms. The van der Waals surface area contributed by atoms with Crippen LogP contribution >= 0.6 is 0 Å². The highest BCUT2D eigenvalue weighted by Crippen LogP contribution is 2.03. The lowest BCUT2D eigenvalue weighted by atomic mass is 10.1. The quantitative estimate of drug-likeness (QED) is 0.718. The zero-order valence-corrected chi connectivity index (χ0v) is 14.6. The van der Waals surface area contributed by atoms with Gasteiger partial charge in [-0.25, -0.2) is 0 Å². The Hall–Kier alpha value is -2.66. The molecule has 0 fully saturated rings. The van der Waals surface area contributed by atoms with Crippen molar-refractivity contribution >= 4 is 11.8 Å². The minimum atomic E-state index is -0.528. The molecule has 0 saturated heterocycles. The summed E-state index contributed by atoms with van der Waals surface area (Å²) in [5.74, 6) is -0.348. The van der Waals surface area contributed by atoms with Crippen molar-refractivity contribution in [3.8, 4) is 0 Å². The van der Waals surface area contributed by atoms with Gasteiger partial charge in [0.2, 0.25) is 11.8 Å². The number of hydrogen-bond donors (Lipinski definition) is 3. The number of nitrogens with two attached hydrogens (primary N) is 2. The molecule has 0 aromatic heterocycles. The molecule has 1 atom stereocenters. The first-order chi connectivity index (χ1) is 12.0. The zero-order chi connectivity index (χ0) is 18.5. The molecule has 5 heteroatoms. The Balaban J connectivity index is 0.000000251. The molecule has 0 heterocycles. The second-order valence-electron chi connectivity index (χ2n) is 5.57. The number of rotatable bonds is 7. The smallest absolute Gasteiger partial charge is 0.234 e. The number of primary amides is 1. The van der Waals surface area contributed by atoms with E-state index in [-0.39, 0.29) is 5.91 Å². The number of aryl methyl sites for hydroxylation is 1. The van der Waals surface area contributed by atoms with E-state index in [2.05, 4.69) is 11.4 Å². The first kappa shape index (κ1) is 20.4. The minimum Gasteiger partial charge on any atom is -0.368 e. The fourth-order valence-electron chi connectivity index (χ4n) is 1.97. The van der Waals surface area contributed by atoms with E-state index in [9.17, 15) is 9.59 Å². The van der Waals surface area contributed by atoms with E-state index in [1.54, 1.807) is 0 Å². The standard InChI is InChI=1S/C10H14N2O.C10H12NO/c11-9(10(12)13)7-6-8-4-2-1-3-5-8;1-2-10(12)11-8-9-6-4-3-5-7-9/h1-5,9H,6-7,11H2,(H2,12,13);4-7H,2,8H2,1H3,(H,11,12)/t9-;/m1./s1. The third kappa shape index (κ3) is 9.27. The van der Waals surface area contributed by atoms with Crippen molar-refractivity contribution in [1.29, 1.82) is 0 Å². The van der Waals surface area contributed by atoms with Crippen LogP contribution in [0.4, 0.5) is 0 Å². The van der Waals surface area contributed by atoms with E-state index in [1.165, 1.54) is 5.56 Å². The predicted octanol–water partition coefficient (Wildman–Crippen LogP) is 1.94. The lowest BCUT2D eigenvalue weighted by Gasteiger charge is -2.06. The molecule has 0 unspecified atom stereocenters. The summed E-state index contributed by atoms with van der Waals surface area (Å²) in [7, 11) is 0. The molecule has 5 N–H and O–H groups in total. The van der Waals surface area contributed by atoms with Crippen molar-refractivity contribution in [2.75, 3.05) is 0 Å². The molecule has 5 nitrogen and oxygen atoms in total. The first-order valence-corrected chi connectivity index (χ1v) is 8.33. The summed E-state index contributed by atoms with van der Waals surface area (Å²) in [6.45, 7) is 2.45. The predicted molar refractivity (Wildman–Crippen MR) is 99.3 cm³/mol. The number of amides is 2. The van der Waals surface area contributed by atoms with Crippen LogP contribution in [0.15, 0.2) is 54.6 Å². The Morgan fingerprint density at radius 2 is 1.72 bits per heavy atom. The van der Waals surface area contributed by atoms with Crippen LogP contribution in [0.25, 0.3) is 0 Å². The van der Waals surface area contributed by atoms with Gasteiger partial charge in [0, 0.05) is 13.0 Å². The van der Waals surface area contributed by atoms with Gasteiger partial charge in [0.15, 0.2) is 0 Å². The second kappa shape index (κ2) is 11.8. The van der Waals surface area contributed by atoms with Crippen molar-refractivity contribution < 1.29 is 9.59 Å². The van der Waals surface area contributed by atoms with E-state index in [0.717, 1.165) is 12.0 Å². The van der Waals surface area contributed by atoms with Crippen LogP contribution in [-0.2, 0) is 22.6 Å². The van der Waals surface area contributed by atoms with E-state index in [4.69, 9.17) is 11.5 Å². The summed E-state index contributed by atoms with van der Waals surface area (Å²) in [5, 5.41) is 2.80. The van der Waals surface area contributed by atoms with Crippen LogP contribution in [0, 0.1) is 6.07 Å². The van der Waals surface area contributed by atoms with Crippen molar-refractivity contribution in [3.63, 3.8) is 0 Å². The second-order valence-corrected chi connectivity index (χ2v) is 5.57. The van der Waals surface area contributed by atoms with Gasteiger partial charge in [0.05, 0.1) is 6.04 Å². The summed E-state index contributed by atoms with van der Waals surface area (Å²) < 4.78 is 0. The third-order valence-corrected chi connectivity index (χ3v) is 3.55. The molecule has 0 bridgehead atoms. The topological polar surface area (TPSA) is 98.2 Å². The third-order valence-electron chi connectivity index (χ3n) is 3.55. The summed E-state index contributed by atoms with van der Waals surface area (Å²) >= 11 is 0. The number of carbonyl (C=O) groups excluding carboxylic acids is 2. The number of benzene rings is 2. The SMILES string of the molecule is CCC(=O)NCc1cc[c]cc1.NC(=O)[C@H](N)CCc1ccccc1. The van der Waals surface area contributed by atoms with Crippen LogP contribution in [0.2, 0.25) is 0 Å². The van der Waals surface area contributed by atoms with E-state index >= 15 is 0 Å². The molecule has 2 rings (SSSR count). The molecule has 0 spiro atoms. The van der Waals surface area contributed by atoms with Gasteiger partial charge < -0.3 is 16.8 Å². The van der Waals surface area contributed by atoms with E-state index in [0.29, 0.717) is 19.4 Å². The Bertz CT molecular complexity index is 630. The van der Waals surface area contributed by atoms with Crippen LogP contribution in [-0.4, -0.2) is 17.9 Å². The maximum Gasteiger partial charge on any atom is 0.234 e. The number of nitrogens with one attached hydrogen (secondary N) is 1. The number of hydrogen-bond acceptors (Lipinski definition) is 3. The van der Waals surface area contributed by atoms with Gasteiger partial charge in [-0.15, -0.1) is 0 Å². The summed E-state index contributed by atoms with van der Waals surface area (Å²) in [5.41, 5.74) is 12.8. The molecule has 0 aliphatic carbocycles. The van der Waals surface area contributed by atoms with Crippen LogP contribution < -0.4 is 16.8 Å². The molecule has 2 aromatic rings. The number of carbonyl (C=O) groups is 2. The van der Waals surface area contributed by atoms with Crippen molar-refractivity contribution in [2.45, 2.75) is 38.8 Å². The van der Waals surface area contributed by atoms with E-state index < -0.39 is 11.9 Å². The summed E-state index contributed by atoms with van der Waals surface area (Å²) in [6, 6.07) is 19.9. The summed E-state index contributed by atoms with van der Waals surface area (Å²) in [6.07, 6.45) is 1.95. The molecule has 0 aliphatic heterocycles. The molecular formula is C20H26N3O2. The van der Waals surface area contributed by atoms with Crippen LogP contribution in [0.3, 0.4) is 0 Å². The van der Waals surface area contributed by atoms with Gasteiger partial charge in [-0.2, -0.15) is 0 Å². The minimum absolute atomic E-state index is 0.0860. The van der Waals surface area contributed by atoms with Gasteiger partial charge in [-0.1, -0.05) is 61.5 Å². The van der Waals surface area contributed by atoms with Gasteiger partial charge in [0.1, 0.15) is 0 Å². The van der Waals surface area contributed by atoms with Crippen molar-refractivity contribution in [2.24, 2.45) is 11.5 Å². The van der Waals surface area contributed by atoms with Crippen molar-refractivity contribution in [3.05, 3.63) is 71.8 Å². The average Bonchev–Trinajstić information content (AvgIpc) is 2.66. The monoisotopic (exact) mass is 340 g/mol. The molecule has 0 saturated carbocycles. The zero-order valence-electron chi connectivity index (χ0n) is 14.6. The normalized spacial score (nSPS) is 11.0. The molecular weight excluding hydrogens is 314 g/mol. The fraction of sp³-hybridized carbons (Fsp3) is 0.300. The Morgan fingerprint density at radius 3 is 2.28 bits per heavy atom. The average molecular weight is 340 g/mol. The van der Waals surface area contributed by atoms with Gasteiger partial charge in [-0.3, -0.25) is 9.59 Å². The summed E-state index contributed by atoms with van der Waals surface area (Å²) in [4.78, 5) is 21.5. The highest BCUT2D eigenvalue weighted by atomic mass is 16.2. The molecule has 2 aromatic carbocycles. The maximum absolute atomic E-state index is 10.9. The lowest BCUT2D eigenvalue weighted by Crippen LogP contribution is -2.36. The fourth-order valence-corrected chi connectivity index (χ4v) is 1.97. The van der Waals surface area contributed by atoms with Crippen LogP contribution in [0.5, 0.6) is 0 Å². The first-order valence-electron chi connectivity index (χ1n) is 8.33. The Kier molecular flexibility index (Phi) is 9.63. The molecule has 1 radical (unpaired) electrons. The largest absolute Gasteiger partial charge is 0.368 e. The van der Waals surface area contributed by atoms with Crippen LogP contribution in [0.1, 0.15) is 30.9 Å². The van der Waals surface area contributed by atoms with Gasteiger partial charge in [-0.05, 0) is 30.0 Å². The molecule has 133 valence electrons. The van der Waals surface area contributed by atoms with E-state index in [1.807, 2.05) is 61.5 Å². The van der Waals surface area contributed by atoms with Gasteiger partial charge >= 0.3 is 0 Å². The Labute approximate surface area is 149 Å².